The molecule has 0 bridgehead atoms. The highest BCUT2D eigenvalue weighted by atomic mass is 16.5. The summed E-state index contributed by atoms with van der Waals surface area (Å²) in [6, 6.07) is 8.80. The van der Waals surface area contributed by atoms with Crippen LogP contribution in [0.2, 0.25) is 0 Å². The largest absolute Gasteiger partial charge is 0.452 e. The molecule has 0 atom stereocenters. The second kappa shape index (κ2) is 4.14. The zero-order valence-corrected chi connectivity index (χ0v) is 6.28. The molecule has 0 heterocycles. The average molecular weight is 160 g/mol. The fourth-order valence-electron chi connectivity index (χ4n) is 0.788. The van der Waals surface area contributed by atoms with Crippen LogP contribution in [-0.4, -0.2) is 6.47 Å². The third-order valence-electron chi connectivity index (χ3n) is 1.38. The normalized spacial score (nSPS) is 8.58. The van der Waals surface area contributed by atoms with Gasteiger partial charge in [0.1, 0.15) is 6.61 Å². The van der Waals surface area contributed by atoms with Gasteiger partial charge in [0.2, 0.25) is 0 Å². The molecule has 1 radical (unpaired) electrons. The molecular formula is C9H6NO2. The van der Waals surface area contributed by atoms with Crippen LogP contribution in [0.25, 0.3) is 0 Å². The number of hydrogen-bond donors (Lipinski definition) is 0. The Morgan fingerprint density at radius 3 is 2.50 bits per heavy atom. The summed E-state index contributed by atoms with van der Waals surface area (Å²) in [5, 5.41) is 8.46. The van der Waals surface area contributed by atoms with Gasteiger partial charge in [-0.15, -0.1) is 0 Å². The molecule has 3 heteroatoms. The summed E-state index contributed by atoms with van der Waals surface area (Å²) in [6.07, 6.45) is 0. The van der Waals surface area contributed by atoms with Gasteiger partial charge in [-0.3, -0.25) is 0 Å². The lowest BCUT2D eigenvalue weighted by molar-refractivity contribution is 0.267. The smallest absolute Gasteiger partial charge is 0.417 e. The monoisotopic (exact) mass is 160 g/mol. The standard InChI is InChI=1S/C9H6NO2/c10-5-8-1-3-9(4-2-8)6-12-7-11/h1-4H,6H2. The highest BCUT2D eigenvalue weighted by molar-refractivity contribution is 5.39. The van der Waals surface area contributed by atoms with Crippen LogP contribution in [0.4, 0.5) is 0 Å². The fraction of sp³-hybridized carbons (Fsp3) is 0.111. The molecule has 0 saturated heterocycles. The highest BCUT2D eigenvalue weighted by Crippen LogP contribution is 2.03. The molecule has 59 valence electrons. The minimum atomic E-state index is 0.204. The third kappa shape index (κ3) is 2.10. The van der Waals surface area contributed by atoms with E-state index in [1.807, 2.05) is 6.07 Å². The molecule has 0 amide bonds. The van der Waals surface area contributed by atoms with E-state index < -0.39 is 0 Å². The van der Waals surface area contributed by atoms with E-state index in [9.17, 15) is 4.79 Å². The Labute approximate surface area is 70.2 Å². The number of hydrogen-bond acceptors (Lipinski definition) is 3. The Morgan fingerprint density at radius 2 is 2.00 bits per heavy atom. The highest BCUT2D eigenvalue weighted by Gasteiger charge is 1.93. The quantitative estimate of drug-likeness (QED) is 0.666. The summed E-state index contributed by atoms with van der Waals surface area (Å²) >= 11 is 0. The average Bonchev–Trinajstić information content (AvgIpc) is 2.15. The molecule has 3 nitrogen and oxygen atoms in total. The van der Waals surface area contributed by atoms with Crippen molar-refractivity contribution in [3.8, 4) is 6.07 Å². The van der Waals surface area contributed by atoms with Gasteiger partial charge >= 0.3 is 6.47 Å². The van der Waals surface area contributed by atoms with Crippen LogP contribution < -0.4 is 0 Å². The second-order valence-electron chi connectivity index (χ2n) is 2.18. The Hall–Kier alpha value is -1.82. The van der Waals surface area contributed by atoms with E-state index in [1.54, 1.807) is 24.3 Å². The summed E-state index contributed by atoms with van der Waals surface area (Å²) in [4.78, 5) is 9.70. The van der Waals surface area contributed by atoms with Gasteiger partial charge in [-0.25, -0.2) is 4.79 Å². The Bertz CT molecular complexity index is 297. The molecule has 1 aromatic rings. The molecule has 0 aromatic heterocycles. The van der Waals surface area contributed by atoms with Crippen LogP contribution in [0.5, 0.6) is 0 Å². The lowest BCUT2D eigenvalue weighted by Gasteiger charge is -1.96. The van der Waals surface area contributed by atoms with Gasteiger partial charge in [-0.05, 0) is 17.7 Å². The van der Waals surface area contributed by atoms with Crippen molar-refractivity contribution < 1.29 is 9.53 Å². The maximum Gasteiger partial charge on any atom is 0.417 e. The minimum Gasteiger partial charge on any atom is -0.452 e. The van der Waals surface area contributed by atoms with Gasteiger partial charge in [0.05, 0.1) is 11.6 Å². The molecule has 12 heavy (non-hydrogen) atoms. The second-order valence-corrected chi connectivity index (χ2v) is 2.18. The van der Waals surface area contributed by atoms with E-state index in [0.717, 1.165) is 5.56 Å². The van der Waals surface area contributed by atoms with Crippen LogP contribution in [0.3, 0.4) is 0 Å². The summed E-state index contributed by atoms with van der Waals surface area (Å²) in [5.74, 6) is 0. The van der Waals surface area contributed by atoms with Crippen molar-refractivity contribution in [3.05, 3.63) is 35.4 Å². The Kier molecular flexibility index (Phi) is 2.86. The number of nitrogens with zero attached hydrogens (tertiary/aromatic N) is 1. The maximum absolute atomic E-state index is 9.70. The first-order valence-corrected chi connectivity index (χ1v) is 3.35. The molecule has 0 saturated carbocycles. The first-order valence-electron chi connectivity index (χ1n) is 3.35. The van der Waals surface area contributed by atoms with Gasteiger partial charge in [0, 0.05) is 0 Å². The van der Waals surface area contributed by atoms with E-state index in [-0.39, 0.29) is 6.61 Å². The summed E-state index contributed by atoms with van der Waals surface area (Å²) < 4.78 is 4.40. The first-order chi connectivity index (χ1) is 5.86. The Morgan fingerprint density at radius 1 is 1.33 bits per heavy atom. The Balaban J connectivity index is 2.66. The number of nitriles is 1. The summed E-state index contributed by atoms with van der Waals surface area (Å²) in [5.41, 5.74) is 1.44. The molecule has 1 rings (SSSR count). The number of carbonyl (C=O) groups excluding carboxylic acids is 1. The topological polar surface area (TPSA) is 50.1 Å². The van der Waals surface area contributed by atoms with Gasteiger partial charge in [0.15, 0.2) is 0 Å². The van der Waals surface area contributed by atoms with Gasteiger partial charge in [-0.2, -0.15) is 5.26 Å². The minimum absolute atomic E-state index is 0.204. The molecule has 0 unspecified atom stereocenters. The van der Waals surface area contributed by atoms with Crippen LogP contribution in [0.1, 0.15) is 11.1 Å². The predicted octanol–water partition coefficient (Wildman–Crippen LogP) is 1.14. The number of benzene rings is 1. The molecule has 0 N–H and O–H groups in total. The van der Waals surface area contributed by atoms with Crippen molar-refractivity contribution in [1.82, 2.24) is 0 Å². The van der Waals surface area contributed by atoms with Crippen LogP contribution in [-0.2, 0) is 16.1 Å². The van der Waals surface area contributed by atoms with E-state index in [4.69, 9.17) is 5.26 Å². The zero-order valence-electron chi connectivity index (χ0n) is 6.28. The lowest BCUT2D eigenvalue weighted by atomic mass is 10.2. The zero-order chi connectivity index (χ0) is 8.81. The maximum atomic E-state index is 9.70. The van der Waals surface area contributed by atoms with E-state index >= 15 is 0 Å². The first kappa shape index (κ1) is 8.28. The fourth-order valence-corrected chi connectivity index (χ4v) is 0.788. The van der Waals surface area contributed by atoms with Crippen LogP contribution in [0, 0.1) is 11.3 Å². The van der Waals surface area contributed by atoms with Crippen molar-refractivity contribution >= 4 is 6.47 Å². The molecule has 0 aliphatic rings. The van der Waals surface area contributed by atoms with E-state index in [0.29, 0.717) is 5.56 Å². The van der Waals surface area contributed by atoms with Crippen molar-refractivity contribution in [2.45, 2.75) is 6.61 Å². The van der Waals surface area contributed by atoms with Gasteiger partial charge < -0.3 is 4.74 Å². The van der Waals surface area contributed by atoms with Crippen LogP contribution >= 0.6 is 0 Å². The van der Waals surface area contributed by atoms with Crippen molar-refractivity contribution in [2.24, 2.45) is 0 Å². The summed E-state index contributed by atoms with van der Waals surface area (Å²) in [7, 11) is 0. The lowest BCUT2D eigenvalue weighted by Crippen LogP contribution is -1.89. The third-order valence-corrected chi connectivity index (χ3v) is 1.38. The molecule has 0 aliphatic heterocycles. The van der Waals surface area contributed by atoms with Crippen molar-refractivity contribution in [1.29, 1.82) is 5.26 Å². The molecule has 0 spiro atoms. The SMILES string of the molecule is N#Cc1ccc(CO[C]=O)cc1. The van der Waals surface area contributed by atoms with Crippen molar-refractivity contribution in [3.63, 3.8) is 0 Å². The van der Waals surface area contributed by atoms with Gasteiger partial charge in [0.25, 0.3) is 0 Å². The molecular weight excluding hydrogens is 154 g/mol. The number of rotatable bonds is 3. The van der Waals surface area contributed by atoms with E-state index in [1.165, 1.54) is 6.47 Å². The molecule has 0 aliphatic carbocycles. The molecule has 1 aromatic carbocycles. The summed E-state index contributed by atoms with van der Waals surface area (Å²) in [6.45, 7) is 1.53. The predicted molar refractivity (Wildman–Crippen MR) is 41.6 cm³/mol. The molecule has 0 fully saturated rings. The van der Waals surface area contributed by atoms with E-state index in [2.05, 4.69) is 4.74 Å². The van der Waals surface area contributed by atoms with Crippen LogP contribution in [0.15, 0.2) is 24.3 Å². The number of ether oxygens (including phenoxy) is 1. The van der Waals surface area contributed by atoms with Gasteiger partial charge in [-0.1, -0.05) is 12.1 Å². The van der Waals surface area contributed by atoms with Crippen molar-refractivity contribution in [2.75, 3.05) is 0 Å².